The molecule has 5 heteroatoms. The molecule has 16 heavy (non-hydrogen) atoms. The molecule has 0 unspecified atom stereocenters. The number of nitrogens with one attached hydrogen (secondary N) is 1. The fourth-order valence-electron chi connectivity index (χ4n) is 1.79. The van der Waals surface area contributed by atoms with Crippen LogP contribution in [0.1, 0.15) is 45.4 Å². The summed E-state index contributed by atoms with van der Waals surface area (Å²) in [6.45, 7) is 1.30. The second-order valence-electron chi connectivity index (χ2n) is 4.15. The highest BCUT2D eigenvalue weighted by Gasteiger charge is 2.22. The maximum Gasteiger partial charge on any atom is 0.339 e. The third kappa shape index (κ3) is 4.42. The summed E-state index contributed by atoms with van der Waals surface area (Å²) in [6, 6.07) is 0. The molecule has 0 atom stereocenters. The first-order valence-electron chi connectivity index (χ1n) is 5.58. The Morgan fingerprint density at radius 1 is 1.19 bits per heavy atom. The van der Waals surface area contributed by atoms with E-state index in [1.807, 2.05) is 0 Å². The molecule has 1 fully saturated rings. The summed E-state index contributed by atoms with van der Waals surface area (Å²) < 4.78 is 0. The number of ketones is 1. The van der Waals surface area contributed by atoms with Crippen molar-refractivity contribution in [2.45, 2.75) is 45.4 Å². The van der Waals surface area contributed by atoms with Crippen molar-refractivity contribution in [2.75, 3.05) is 0 Å². The topological polar surface area (TPSA) is 72.5 Å². The van der Waals surface area contributed by atoms with Gasteiger partial charge in [-0.05, 0) is 19.8 Å². The summed E-state index contributed by atoms with van der Waals surface area (Å²) in [5.41, 5.74) is 2.12. The Kier molecular flexibility index (Phi) is 4.95. The molecule has 1 rings (SSSR count). The Labute approximate surface area is 94.5 Å². The van der Waals surface area contributed by atoms with Gasteiger partial charge in [0.25, 0.3) is 5.91 Å². The van der Waals surface area contributed by atoms with E-state index in [-0.39, 0.29) is 24.0 Å². The van der Waals surface area contributed by atoms with Gasteiger partial charge in [0.2, 0.25) is 0 Å². The van der Waals surface area contributed by atoms with E-state index < -0.39 is 5.97 Å². The lowest BCUT2D eigenvalue weighted by molar-refractivity contribution is -0.161. The lowest BCUT2D eigenvalue weighted by atomic mass is 9.89. The van der Waals surface area contributed by atoms with E-state index in [4.69, 9.17) is 0 Å². The number of hydrogen-bond acceptors (Lipinski definition) is 4. The van der Waals surface area contributed by atoms with Gasteiger partial charge in [0.1, 0.15) is 12.2 Å². The molecule has 1 aliphatic rings. The van der Waals surface area contributed by atoms with Crippen LogP contribution in [0.5, 0.6) is 0 Å². The first kappa shape index (κ1) is 12.7. The van der Waals surface area contributed by atoms with E-state index in [1.165, 1.54) is 6.92 Å². The standard InChI is InChI=1S/C11H17NO4/c1-8(13)7-10(14)16-12-11(15)9-5-3-2-4-6-9/h9H,2-7H2,1H3,(H,12,15). The molecule has 0 aromatic rings. The van der Waals surface area contributed by atoms with Crippen molar-refractivity contribution >= 4 is 17.7 Å². The van der Waals surface area contributed by atoms with Gasteiger partial charge >= 0.3 is 5.97 Å². The third-order valence-corrected chi connectivity index (χ3v) is 2.63. The number of carbonyl (C=O) groups excluding carboxylic acids is 3. The second kappa shape index (κ2) is 6.25. The van der Waals surface area contributed by atoms with Gasteiger partial charge in [-0.2, -0.15) is 5.48 Å². The zero-order chi connectivity index (χ0) is 12.0. The maximum absolute atomic E-state index is 11.5. The summed E-state index contributed by atoms with van der Waals surface area (Å²) >= 11 is 0. The van der Waals surface area contributed by atoms with Crippen molar-refractivity contribution < 1.29 is 19.2 Å². The number of rotatable bonds is 3. The molecule has 0 spiro atoms. The van der Waals surface area contributed by atoms with E-state index in [2.05, 4.69) is 10.3 Å². The molecule has 5 nitrogen and oxygen atoms in total. The lowest BCUT2D eigenvalue weighted by Gasteiger charge is -2.19. The number of carbonyl (C=O) groups is 3. The van der Waals surface area contributed by atoms with Crippen molar-refractivity contribution in [3.63, 3.8) is 0 Å². The normalized spacial score (nSPS) is 16.6. The first-order chi connectivity index (χ1) is 7.59. The molecular formula is C11H17NO4. The maximum atomic E-state index is 11.5. The Balaban J connectivity index is 2.23. The number of hydroxylamine groups is 1. The van der Waals surface area contributed by atoms with Crippen LogP contribution in [0.4, 0.5) is 0 Å². The van der Waals surface area contributed by atoms with Crippen LogP contribution in [0.3, 0.4) is 0 Å². The predicted octanol–water partition coefficient (Wildman–Crippen LogP) is 1.12. The highest BCUT2D eigenvalue weighted by atomic mass is 16.7. The van der Waals surface area contributed by atoms with Gasteiger partial charge in [-0.1, -0.05) is 19.3 Å². The zero-order valence-corrected chi connectivity index (χ0v) is 9.45. The van der Waals surface area contributed by atoms with Gasteiger partial charge in [0.05, 0.1) is 0 Å². The number of hydrogen-bond donors (Lipinski definition) is 1. The molecule has 1 amide bonds. The van der Waals surface area contributed by atoms with E-state index >= 15 is 0 Å². The van der Waals surface area contributed by atoms with Crippen LogP contribution in [0.25, 0.3) is 0 Å². The smallest absolute Gasteiger partial charge is 0.339 e. The summed E-state index contributed by atoms with van der Waals surface area (Å²) in [5.74, 6) is -1.30. The molecular weight excluding hydrogens is 210 g/mol. The van der Waals surface area contributed by atoms with Crippen LogP contribution in [0.15, 0.2) is 0 Å². The summed E-state index contributed by atoms with van der Waals surface area (Å²) in [5, 5.41) is 0. The van der Waals surface area contributed by atoms with E-state index in [0.29, 0.717) is 0 Å². The highest BCUT2D eigenvalue weighted by molar-refractivity contribution is 5.94. The van der Waals surface area contributed by atoms with Crippen LogP contribution in [0, 0.1) is 5.92 Å². The zero-order valence-electron chi connectivity index (χ0n) is 9.45. The van der Waals surface area contributed by atoms with Gasteiger partial charge in [0.15, 0.2) is 0 Å². The highest BCUT2D eigenvalue weighted by Crippen LogP contribution is 2.23. The van der Waals surface area contributed by atoms with E-state index in [1.54, 1.807) is 0 Å². The van der Waals surface area contributed by atoms with Gasteiger partial charge in [0, 0.05) is 5.92 Å². The average molecular weight is 227 g/mol. The number of amides is 1. The molecule has 0 radical (unpaired) electrons. The second-order valence-corrected chi connectivity index (χ2v) is 4.15. The number of Topliss-reactive ketones (excluding diaryl/α,β-unsaturated/α-hetero) is 1. The molecule has 0 aliphatic heterocycles. The van der Waals surface area contributed by atoms with Crippen molar-refractivity contribution in [3.05, 3.63) is 0 Å². The molecule has 0 bridgehead atoms. The fraction of sp³-hybridized carbons (Fsp3) is 0.727. The van der Waals surface area contributed by atoms with Gasteiger partial charge < -0.3 is 4.84 Å². The molecule has 1 aliphatic carbocycles. The van der Waals surface area contributed by atoms with Crippen LogP contribution < -0.4 is 5.48 Å². The van der Waals surface area contributed by atoms with Crippen LogP contribution in [-0.2, 0) is 19.2 Å². The Morgan fingerprint density at radius 2 is 1.81 bits per heavy atom. The van der Waals surface area contributed by atoms with E-state index in [9.17, 15) is 14.4 Å². The minimum absolute atomic E-state index is 0.0566. The van der Waals surface area contributed by atoms with Crippen molar-refractivity contribution in [2.24, 2.45) is 5.92 Å². The van der Waals surface area contributed by atoms with Crippen LogP contribution in [-0.4, -0.2) is 17.7 Å². The molecule has 0 heterocycles. The molecule has 0 aromatic heterocycles. The quantitative estimate of drug-likeness (QED) is 0.579. The summed E-state index contributed by atoms with van der Waals surface area (Å²) in [7, 11) is 0. The van der Waals surface area contributed by atoms with Crippen molar-refractivity contribution in [1.82, 2.24) is 5.48 Å². The lowest BCUT2D eigenvalue weighted by Crippen LogP contribution is -2.34. The van der Waals surface area contributed by atoms with Gasteiger partial charge in [-0.3, -0.25) is 9.59 Å². The van der Waals surface area contributed by atoms with Crippen molar-refractivity contribution in [3.8, 4) is 0 Å². The van der Waals surface area contributed by atoms with E-state index in [0.717, 1.165) is 32.1 Å². The van der Waals surface area contributed by atoms with Gasteiger partial charge in [-0.15, -0.1) is 0 Å². The minimum atomic E-state index is -0.711. The van der Waals surface area contributed by atoms with Crippen molar-refractivity contribution in [1.29, 1.82) is 0 Å². The summed E-state index contributed by atoms with van der Waals surface area (Å²) in [4.78, 5) is 37.6. The van der Waals surface area contributed by atoms with Crippen LogP contribution >= 0.6 is 0 Å². The monoisotopic (exact) mass is 227 g/mol. The van der Waals surface area contributed by atoms with Crippen LogP contribution in [0.2, 0.25) is 0 Å². The molecule has 0 aromatic carbocycles. The molecule has 90 valence electrons. The fourth-order valence-corrected chi connectivity index (χ4v) is 1.79. The average Bonchev–Trinajstić information content (AvgIpc) is 2.26. The first-order valence-corrected chi connectivity index (χ1v) is 5.58. The molecule has 0 saturated heterocycles. The minimum Gasteiger partial charge on any atom is -0.340 e. The third-order valence-electron chi connectivity index (χ3n) is 2.63. The Morgan fingerprint density at radius 3 is 2.38 bits per heavy atom. The molecule has 1 N–H and O–H groups in total. The SMILES string of the molecule is CC(=O)CC(=O)ONC(=O)C1CCCCC1. The largest absolute Gasteiger partial charge is 0.340 e. The predicted molar refractivity (Wildman–Crippen MR) is 56.1 cm³/mol. The summed E-state index contributed by atoms with van der Waals surface area (Å²) in [6.07, 6.45) is 4.63. The Bertz CT molecular complexity index is 282. The Hall–Kier alpha value is -1.39. The molecule has 1 saturated carbocycles. The van der Waals surface area contributed by atoms with Gasteiger partial charge in [-0.25, -0.2) is 4.79 Å².